The number of nitrogens with one attached hydrogen (secondary N) is 1. The third-order valence-corrected chi connectivity index (χ3v) is 5.78. The van der Waals surface area contributed by atoms with Crippen LogP contribution in [0.4, 0.5) is 0 Å². The summed E-state index contributed by atoms with van der Waals surface area (Å²) in [5.74, 6) is -0.435. The molecular formula is C24H33N5O3. The Balaban J connectivity index is 1.71. The second-order valence-electron chi connectivity index (χ2n) is 8.13. The van der Waals surface area contributed by atoms with Crippen LogP contribution in [0.2, 0.25) is 0 Å². The van der Waals surface area contributed by atoms with Crippen molar-refractivity contribution in [2.75, 3.05) is 26.2 Å². The number of benzene rings is 1. The maximum absolute atomic E-state index is 13.2. The van der Waals surface area contributed by atoms with Gasteiger partial charge in [-0.05, 0) is 37.8 Å². The molecule has 0 bridgehead atoms. The van der Waals surface area contributed by atoms with Gasteiger partial charge in [-0.2, -0.15) is 5.10 Å². The van der Waals surface area contributed by atoms with Gasteiger partial charge in [0, 0.05) is 51.8 Å². The van der Waals surface area contributed by atoms with Gasteiger partial charge in [-0.15, -0.1) is 0 Å². The highest BCUT2D eigenvalue weighted by Crippen LogP contribution is 2.19. The van der Waals surface area contributed by atoms with E-state index in [-0.39, 0.29) is 29.8 Å². The number of rotatable bonds is 9. The Bertz CT molecular complexity index is 968. The molecule has 2 heterocycles. The molecule has 1 aromatic heterocycles. The fourth-order valence-electron chi connectivity index (χ4n) is 3.84. The van der Waals surface area contributed by atoms with Crippen molar-refractivity contribution in [1.29, 1.82) is 0 Å². The number of carbonyl (C=O) groups excluding carboxylic acids is 3. The Morgan fingerprint density at radius 1 is 1.19 bits per heavy atom. The van der Waals surface area contributed by atoms with Crippen molar-refractivity contribution in [2.24, 2.45) is 0 Å². The zero-order valence-electron chi connectivity index (χ0n) is 19.3. The lowest BCUT2D eigenvalue weighted by atomic mass is 10.1. The molecule has 0 atom stereocenters. The van der Waals surface area contributed by atoms with Crippen LogP contribution in [0.25, 0.3) is 0 Å². The zero-order valence-corrected chi connectivity index (χ0v) is 19.3. The van der Waals surface area contributed by atoms with Crippen LogP contribution in [-0.4, -0.2) is 63.5 Å². The van der Waals surface area contributed by atoms with E-state index < -0.39 is 0 Å². The van der Waals surface area contributed by atoms with Crippen molar-refractivity contribution in [1.82, 2.24) is 24.9 Å². The third kappa shape index (κ3) is 5.55. The van der Waals surface area contributed by atoms with E-state index in [0.717, 1.165) is 24.0 Å². The van der Waals surface area contributed by atoms with Crippen LogP contribution < -0.4 is 5.32 Å². The predicted molar refractivity (Wildman–Crippen MR) is 122 cm³/mol. The molecule has 8 nitrogen and oxygen atoms in total. The molecule has 0 saturated heterocycles. The molecule has 32 heavy (non-hydrogen) atoms. The lowest BCUT2D eigenvalue weighted by Gasteiger charge is -2.21. The molecule has 8 heteroatoms. The lowest BCUT2D eigenvalue weighted by molar-refractivity contribution is -0.121. The minimum atomic E-state index is -0.255. The first kappa shape index (κ1) is 23.5. The number of aryl methyl sites for hydroxylation is 2. The maximum Gasteiger partial charge on any atom is 0.274 e. The molecule has 1 aliphatic heterocycles. The van der Waals surface area contributed by atoms with Crippen molar-refractivity contribution in [2.45, 2.75) is 53.1 Å². The highest BCUT2D eigenvalue weighted by molar-refractivity contribution is 5.98. The molecular weight excluding hydrogens is 406 g/mol. The fourth-order valence-corrected chi connectivity index (χ4v) is 3.84. The smallest absolute Gasteiger partial charge is 0.274 e. The standard InChI is InChI=1S/C24H33N5O3/c1-4-12-25-22(30)11-15-27(5-2)23(31)20-16-21-24(32)28(13-8-14-29(21)26-20)17-19-10-7-6-9-18(19)3/h6-7,9-10,16H,4-5,8,11-15,17H2,1-3H3,(H,25,30). The van der Waals surface area contributed by atoms with Crippen molar-refractivity contribution in [3.63, 3.8) is 0 Å². The predicted octanol–water partition coefficient (Wildman–Crippen LogP) is 2.62. The van der Waals surface area contributed by atoms with Crippen LogP contribution in [0, 0.1) is 6.92 Å². The Hall–Kier alpha value is -3.16. The Labute approximate surface area is 189 Å². The molecule has 0 spiro atoms. The molecule has 0 unspecified atom stereocenters. The summed E-state index contributed by atoms with van der Waals surface area (Å²) >= 11 is 0. The second kappa shape index (κ2) is 10.9. The summed E-state index contributed by atoms with van der Waals surface area (Å²) in [5.41, 5.74) is 2.96. The van der Waals surface area contributed by atoms with Crippen LogP contribution in [0.15, 0.2) is 30.3 Å². The summed E-state index contributed by atoms with van der Waals surface area (Å²) in [6.45, 7) is 9.10. The second-order valence-corrected chi connectivity index (χ2v) is 8.13. The maximum atomic E-state index is 13.2. The number of hydrogen-bond donors (Lipinski definition) is 1. The van der Waals surface area contributed by atoms with E-state index in [2.05, 4.69) is 10.4 Å². The molecule has 172 valence electrons. The van der Waals surface area contributed by atoms with Crippen molar-refractivity contribution < 1.29 is 14.4 Å². The summed E-state index contributed by atoms with van der Waals surface area (Å²) in [6.07, 6.45) is 1.89. The van der Waals surface area contributed by atoms with Gasteiger partial charge in [0.1, 0.15) is 5.69 Å². The minimum absolute atomic E-state index is 0.0688. The molecule has 0 saturated carbocycles. The Kier molecular flexibility index (Phi) is 8.03. The topological polar surface area (TPSA) is 87.5 Å². The number of aromatic nitrogens is 2. The average Bonchev–Trinajstić information content (AvgIpc) is 3.16. The van der Waals surface area contributed by atoms with E-state index >= 15 is 0 Å². The Morgan fingerprint density at radius 3 is 2.69 bits per heavy atom. The highest BCUT2D eigenvalue weighted by atomic mass is 16.2. The van der Waals surface area contributed by atoms with E-state index in [1.807, 2.05) is 49.9 Å². The summed E-state index contributed by atoms with van der Waals surface area (Å²) in [7, 11) is 0. The molecule has 1 aromatic carbocycles. The van der Waals surface area contributed by atoms with Gasteiger partial charge in [0.15, 0.2) is 5.69 Å². The summed E-state index contributed by atoms with van der Waals surface area (Å²) in [4.78, 5) is 41.6. The average molecular weight is 440 g/mol. The van der Waals surface area contributed by atoms with Gasteiger partial charge in [-0.1, -0.05) is 31.2 Å². The van der Waals surface area contributed by atoms with Crippen LogP contribution in [0.1, 0.15) is 65.2 Å². The van der Waals surface area contributed by atoms with Crippen molar-refractivity contribution in [3.8, 4) is 0 Å². The van der Waals surface area contributed by atoms with Crippen LogP contribution in [0.5, 0.6) is 0 Å². The van der Waals surface area contributed by atoms with Gasteiger partial charge in [-0.3, -0.25) is 19.1 Å². The SMILES string of the molecule is CCCNC(=O)CCN(CC)C(=O)c1cc2n(n1)CCCN(Cc1ccccc1C)C2=O. The molecule has 0 radical (unpaired) electrons. The largest absolute Gasteiger partial charge is 0.356 e. The van der Waals surface area contributed by atoms with Crippen LogP contribution in [0.3, 0.4) is 0 Å². The quantitative estimate of drug-likeness (QED) is 0.651. The number of fused-ring (bicyclic) bond motifs is 1. The van der Waals surface area contributed by atoms with Gasteiger partial charge >= 0.3 is 0 Å². The van der Waals surface area contributed by atoms with Crippen molar-refractivity contribution >= 4 is 17.7 Å². The van der Waals surface area contributed by atoms with Crippen molar-refractivity contribution in [3.05, 3.63) is 52.8 Å². The molecule has 0 aliphatic carbocycles. The van der Waals surface area contributed by atoms with E-state index in [9.17, 15) is 14.4 Å². The highest BCUT2D eigenvalue weighted by Gasteiger charge is 2.28. The van der Waals surface area contributed by atoms with E-state index in [1.54, 1.807) is 15.6 Å². The first-order valence-corrected chi connectivity index (χ1v) is 11.4. The van der Waals surface area contributed by atoms with E-state index in [1.165, 1.54) is 0 Å². The lowest BCUT2D eigenvalue weighted by Crippen LogP contribution is -2.35. The number of nitrogens with zero attached hydrogens (tertiary/aromatic N) is 4. The fraction of sp³-hybridized carbons (Fsp3) is 0.500. The Morgan fingerprint density at radius 2 is 1.97 bits per heavy atom. The minimum Gasteiger partial charge on any atom is -0.356 e. The summed E-state index contributed by atoms with van der Waals surface area (Å²) in [5, 5.41) is 7.27. The normalized spacial score (nSPS) is 13.5. The summed E-state index contributed by atoms with van der Waals surface area (Å²) in [6, 6.07) is 9.65. The van der Waals surface area contributed by atoms with Gasteiger partial charge in [0.2, 0.25) is 5.91 Å². The first-order valence-electron chi connectivity index (χ1n) is 11.4. The molecule has 0 fully saturated rings. The van der Waals surface area contributed by atoms with Gasteiger partial charge < -0.3 is 15.1 Å². The number of hydrogen-bond acceptors (Lipinski definition) is 4. The zero-order chi connectivity index (χ0) is 23.1. The van der Waals surface area contributed by atoms with Gasteiger partial charge in [-0.25, -0.2) is 0 Å². The number of amides is 3. The number of carbonyl (C=O) groups is 3. The van der Waals surface area contributed by atoms with Gasteiger partial charge in [0.25, 0.3) is 11.8 Å². The molecule has 3 amide bonds. The molecule has 1 N–H and O–H groups in total. The monoisotopic (exact) mass is 439 g/mol. The summed E-state index contributed by atoms with van der Waals surface area (Å²) < 4.78 is 1.65. The van der Waals surface area contributed by atoms with E-state index in [0.29, 0.717) is 45.0 Å². The molecule has 3 rings (SSSR count). The first-order chi connectivity index (χ1) is 15.4. The van der Waals surface area contributed by atoms with Crippen LogP contribution >= 0.6 is 0 Å². The van der Waals surface area contributed by atoms with Gasteiger partial charge in [0.05, 0.1) is 0 Å². The van der Waals surface area contributed by atoms with E-state index in [4.69, 9.17) is 0 Å². The molecule has 1 aliphatic rings. The third-order valence-electron chi connectivity index (χ3n) is 5.78. The van der Waals surface area contributed by atoms with Crippen LogP contribution in [-0.2, 0) is 17.9 Å². The molecule has 2 aromatic rings.